The molecule has 2 heteroatoms. The Morgan fingerprint density at radius 1 is 1.25 bits per heavy atom. The number of hydrogen-bond donors (Lipinski definition) is 0. The molecule has 0 radical (unpaired) electrons. The van der Waals surface area contributed by atoms with Gasteiger partial charge >= 0.3 is 5.97 Å². The summed E-state index contributed by atoms with van der Waals surface area (Å²) in [6, 6.07) is 10.2. The van der Waals surface area contributed by atoms with Crippen LogP contribution in [0.2, 0.25) is 0 Å². The highest BCUT2D eigenvalue weighted by Gasteiger charge is 2.09. The SMILES string of the molecule is CC.COC(=O)CC(C)Cc1ccccc1. The zero-order valence-corrected chi connectivity index (χ0v) is 10.7. The fourth-order valence-corrected chi connectivity index (χ4v) is 1.46. The maximum Gasteiger partial charge on any atom is 0.305 e. The number of carbonyl (C=O) groups excluding carboxylic acids is 1. The Labute approximate surface area is 98.6 Å². The molecule has 0 aliphatic rings. The fraction of sp³-hybridized carbons (Fsp3) is 0.500. The summed E-state index contributed by atoms with van der Waals surface area (Å²) in [4.78, 5) is 11.0. The molecule has 1 atom stereocenters. The number of carbonyl (C=O) groups is 1. The first-order valence-corrected chi connectivity index (χ1v) is 5.83. The Hall–Kier alpha value is -1.31. The van der Waals surface area contributed by atoms with Crippen molar-refractivity contribution >= 4 is 5.97 Å². The van der Waals surface area contributed by atoms with Crippen LogP contribution in [0, 0.1) is 5.92 Å². The molecular formula is C14H22O2. The van der Waals surface area contributed by atoms with E-state index in [4.69, 9.17) is 0 Å². The molecule has 1 aromatic carbocycles. The molecule has 0 aliphatic heterocycles. The van der Waals surface area contributed by atoms with Gasteiger partial charge in [0.1, 0.15) is 0 Å². The summed E-state index contributed by atoms with van der Waals surface area (Å²) in [7, 11) is 1.43. The summed E-state index contributed by atoms with van der Waals surface area (Å²) >= 11 is 0. The first-order chi connectivity index (χ1) is 7.72. The highest BCUT2D eigenvalue weighted by molar-refractivity contribution is 5.69. The van der Waals surface area contributed by atoms with Gasteiger partial charge < -0.3 is 4.74 Å². The fourth-order valence-electron chi connectivity index (χ4n) is 1.46. The quantitative estimate of drug-likeness (QED) is 0.729. The number of ether oxygens (including phenoxy) is 1. The minimum absolute atomic E-state index is 0.131. The molecule has 1 unspecified atom stereocenters. The van der Waals surface area contributed by atoms with E-state index in [1.54, 1.807) is 0 Å². The third kappa shape index (κ3) is 6.23. The van der Waals surface area contributed by atoms with Crippen molar-refractivity contribution in [3.63, 3.8) is 0 Å². The first-order valence-electron chi connectivity index (χ1n) is 5.83. The molecule has 16 heavy (non-hydrogen) atoms. The topological polar surface area (TPSA) is 26.3 Å². The zero-order chi connectivity index (χ0) is 12.4. The van der Waals surface area contributed by atoms with Crippen LogP contribution in [0.3, 0.4) is 0 Å². The molecule has 0 spiro atoms. The molecule has 0 saturated carbocycles. The van der Waals surface area contributed by atoms with Crippen LogP contribution in [0.15, 0.2) is 30.3 Å². The average Bonchev–Trinajstić information content (AvgIpc) is 2.32. The van der Waals surface area contributed by atoms with Crippen molar-refractivity contribution in [2.45, 2.75) is 33.6 Å². The van der Waals surface area contributed by atoms with E-state index in [0.717, 1.165) is 6.42 Å². The maximum atomic E-state index is 11.0. The molecule has 0 fully saturated rings. The minimum atomic E-state index is -0.131. The summed E-state index contributed by atoms with van der Waals surface area (Å²) in [5.41, 5.74) is 1.27. The van der Waals surface area contributed by atoms with Crippen LogP contribution in [-0.2, 0) is 16.0 Å². The zero-order valence-electron chi connectivity index (χ0n) is 10.7. The van der Waals surface area contributed by atoms with Crippen molar-refractivity contribution in [3.05, 3.63) is 35.9 Å². The van der Waals surface area contributed by atoms with Crippen LogP contribution in [0.25, 0.3) is 0 Å². The van der Waals surface area contributed by atoms with Gasteiger partial charge in [-0.3, -0.25) is 4.79 Å². The normalized spacial score (nSPS) is 11.0. The second kappa shape index (κ2) is 8.96. The number of hydrogen-bond acceptors (Lipinski definition) is 2. The third-order valence-electron chi connectivity index (χ3n) is 2.17. The lowest BCUT2D eigenvalue weighted by Crippen LogP contribution is -2.09. The third-order valence-corrected chi connectivity index (χ3v) is 2.17. The molecule has 0 aromatic heterocycles. The van der Waals surface area contributed by atoms with Gasteiger partial charge in [-0.2, -0.15) is 0 Å². The standard InChI is InChI=1S/C12H16O2.C2H6/c1-10(9-12(13)14-2)8-11-6-4-3-5-7-11;1-2/h3-7,10H,8-9H2,1-2H3;1-2H3. The highest BCUT2D eigenvalue weighted by Crippen LogP contribution is 2.11. The van der Waals surface area contributed by atoms with E-state index < -0.39 is 0 Å². The first kappa shape index (κ1) is 14.7. The van der Waals surface area contributed by atoms with Crippen molar-refractivity contribution in [2.75, 3.05) is 7.11 Å². The van der Waals surface area contributed by atoms with Crippen LogP contribution < -0.4 is 0 Å². The van der Waals surface area contributed by atoms with Gasteiger partial charge in [-0.1, -0.05) is 51.1 Å². The van der Waals surface area contributed by atoms with Gasteiger partial charge in [0.15, 0.2) is 0 Å². The van der Waals surface area contributed by atoms with Crippen molar-refractivity contribution in [2.24, 2.45) is 5.92 Å². The van der Waals surface area contributed by atoms with E-state index in [0.29, 0.717) is 12.3 Å². The summed E-state index contributed by atoms with van der Waals surface area (Å²) in [6.07, 6.45) is 1.42. The van der Waals surface area contributed by atoms with E-state index >= 15 is 0 Å². The Kier molecular flexibility index (Phi) is 8.22. The average molecular weight is 222 g/mol. The van der Waals surface area contributed by atoms with E-state index in [9.17, 15) is 4.79 Å². The predicted octanol–water partition coefficient (Wildman–Crippen LogP) is 3.45. The molecule has 0 heterocycles. The van der Waals surface area contributed by atoms with Gasteiger partial charge in [0.2, 0.25) is 0 Å². The molecular weight excluding hydrogens is 200 g/mol. The summed E-state index contributed by atoms with van der Waals surface area (Å²) < 4.78 is 4.62. The van der Waals surface area contributed by atoms with Crippen LogP contribution in [-0.4, -0.2) is 13.1 Å². The molecule has 0 bridgehead atoms. The number of benzene rings is 1. The second-order valence-electron chi connectivity index (χ2n) is 3.58. The summed E-state index contributed by atoms with van der Waals surface area (Å²) in [5.74, 6) is 0.207. The smallest absolute Gasteiger partial charge is 0.305 e. The molecule has 90 valence electrons. The van der Waals surface area contributed by atoms with Gasteiger partial charge in [0, 0.05) is 6.42 Å². The maximum absolute atomic E-state index is 11.0. The van der Waals surface area contributed by atoms with E-state index in [1.807, 2.05) is 32.0 Å². The van der Waals surface area contributed by atoms with E-state index in [1.165, 1.54) is 12.7 Å². The number of esters is 1. The second-order valence-corrected chi connectivity index (χ2v) is 3.58. The predicted molar refractivity (Wildman–Crippen MR) is 67.3 cm³/mol. The number of methoxy groups -OCH3 is 1. The lowest BCUT2D eigenvalue weighted by Gasteiger charge is -2.09. The van der Waals surface area contributed by atoms with Gasteiger partial charge in [-0.15, -0.1) is 0 Å². The minimum Gasteiger partial charge on any atom is -0.469 e. The van der Waals surface area contributed by atoms with Gasteiger partial charge in [0.05, 0.1) is 7.11 Å². The van der Waals surface area contributed by atoms with Crippen LogP contribution in [0.1, 0.15) is 32.8 Å². The van der Waals surface area contributed by atoms with Crippen LogP contribution in [0.4, 0.5) is 0 Å². The Balaban J connectivity index is 0.00000106. The van der Waals surface area contributed by atoms with Crippen molar-refractivity contribution in [3.8, 4) is 0 Å². The van der Waals surface area contributed by atoms with Crippen LogP contribution >= 0.6 is 0 Å². The van der Waals surface area contributed by atoms with Crippen molar-refractivity contribution in [1.29, 1.82) is 0 Å². The monoisotopic (exact) mass is 222 g/mol. The lowest BCUT2D eigenvalue weighted by molar-refractivity contribution is -0.141. The molecule has 0 N–H and O–H groups in total. The summed E-state index contributed by atoms with van der Waals surface area (Å²) in [5, 5.41) is 0. The molecule has 1 rings (SSSR count). The van der Waals surface area contributed by atoms with Crippen LogP contribution in [0.5, 0.6) is 0 Å². The Morgan fingerprint density at radius 3 is 2.31 bits per heavy atom. The van der Waals surface area contributed by atoms with Crippen molar-refractivity contribution < 1.29 is 9.53 Å². The van der Waals surface area contributed by atoms with E-state index in [-0.39, 0.29) is 5.97 Å². The Morgan fingerprint density at radius 2 is 1.81 bits per heavy atom. The van der Waals surface area contributed by atoms with Gasteiger partial charge in [-0.05, 0) is 17.9 Å². The molecule has 0 aliphatic carbocycles. The lowest BCUT2D eigenvalue weighted by atomic mass is 9.98. The molecule has 1 aromatic rings. The molecule has 0 amide bonds. The molecule has 2 nitrogen and oxygen atoms in total. The largest absolute Gasteiger partial charge is 0.469 e. The van der Waals surface area contributed by atoms with Crippen molar-refractivity contribution in [1.82, 2.24) is 0 Å². The van der Waals surface area contributed by atoms with E-state index in [2.05, 4.69) is 23.8 Å². The van der Waals surface area contributed by atoms with Gasteiger partial charge in [0.25, 0.3) is 0 Å². The highest BCUT2D eigenvalue weighted by atomic mass is 16.5. The van der Waals surface area contributed by atoms with Gasteiger partial charge in [-0.25, -0.2) is 0 Å². The Bertz CT molecular complexity index is 280. The molecule has 0 saturated heterocycles. The number of rotatable bonds is 4. The summed E-state index contributed by atoms with van der Waals surface area (Å²) in [6.45, 7) is 6.06.